The standard InChI is InChI=1S/C16H27N3OS/c1-3-9-19(14-6-4-8-17-11-14)12-16(20)18-13(2)15-7-5-10-21-15/h5,7,10,13-14,17H,3-4,6,8-9,11-12H2,1-2H3,(H,18,20). The Balaban J connectivity index is 1.85. The molecule has 0 aromatic carbocycles. The lowest BCUT2D eigenvalue weighted by Gasteiger charge is -2.34. The Bertz CT molecular complexity index is 415. The van der Waals surface area contributed by atoms with Crippen molar-refractivity contribution in [2.75, 3.05) is 26.2 Å². The Kier molecular flexibility index (Phi) is 6.67. The number of nitrogens with one attached hydrogen (secondary N) is 2. The molecule has 1 amide bonds. The first-order chi connectivity index (χ1) is 10.2. The van der Waals surface area contributed by atoms with Gasteiger partial charge < -0.3 is 10.6 Å². The van der Waals surface area contributed by atoms with Gasteiger partial charge in [-0.05, 0) is 50.7 Å². The molecule has 2 atom stereocenters. The van der Waals surface area contributed by atoms with Crippen LogP contribution < -0.4 is 10.6 Å². The Morgan fingerprint density at radius 2 is 2.48 bits per heavy atom. The van der Waals surface area contributed by atoms with Crippen LogP contribution in [0.5, 0.6) is 0 Å². The van der Waals surface area contributed by atoms with Gasteiger partial charge in [0.25, 0.3) is 0 Å². The molecular formula is C16H27N3OS. The first-order valence-corrected chi connectivity index (χ1v) is 8.86. The minimum atomic E-state index is 0.102. The van der Waals surface area contributed by atoms with Gasteiger partial charge >= 0.3 is 0 Å². The average molecular weight is 309 g/mol. The van der Waals surface area contributed by atoms with E-state index in [9.17, 15) is 4.79 Å². The summed E-state index contributed by atoms with van der Waals surface area (Å²) in [6.45, 7) is 7.85. The first-order valence-electron chi connectivity index (χ1n) is 7.98. The number of rotatable bonds is 7. The summed E-state index contributed by atoms with van der Waals surface area (Å²) >= 11 is 1.69. The molecule has 2 heterocycles. The number of hydrogen-bond acceptors (Lipinski definition) is 4. The lowest BCUT2D eigenvalue weighted by Crippen LogP contribution is -2.50. The van der Waals surface area contributed by atoms with Crippen molar-refractivity contribution < 1.29 is 4.79 Å². The van der Waals surface area contributed by atoms with E-state index < -0.39 is 0 Å². The molecule has 0 radical (unpaired) electrons. The number of carbonyl (C=O) groups is 1. The minimum Gasteiger partial charge on any atom is -0.348 e. The Morgan fingerprint density at radius 3 is 3.10 bits per heavy atom. The zero-order chi connectivity index (χ0) is 15.1. The van der Waals surface area contributed by atoms with Crippen LogP contribution in [0.1, 0.15) is 44.0 Å². The molecule has 1 aromatic rings. The maximum absolute atomic E-state index is 12.3. The van der Waals surface area contributed by atoms with Crippen LogP contribution in [0.25, 0.3) is 0 Å². The highest BCUT2D eigenvalue weighted by atomic mass is 32.1. The molecule has 2 rings (SSSR count). The number of hydrogen-bond donors (Lipinski definition) is 2. The third kappa shape index (κ3) is 5.09. The maximum Gasteiger partial charge on any atom is 0.234 e. The first kappa shape index (κ1) is 16.5. The van der Waals surface area contributed by atoms with Gasteiger partial charge in [-0.1, -0.05) is 13.0 Å². The molecule has 2 unspecified atom stereocenters. The van der Waals surface area contributed by atoms with Crippen LogP contribution in [0, 0.1) is 0 Å². The third-order valence-electron chi connectivity index (χ3n) is 3.99. The molecule has 0 bridgehead atoms. The van der Waals surface area contributed by atoms with Crippen LogP contribution in [-0.4, -0.2) is 43.0 Å². The van der Waals surface area contributed by atoms with Gasteiger partial charge in [0.15, 0.2) is 0 Å². The largest absolute Gasteiger partial charge is 0.348 e. The molecule has 1 aliphatic rings. The zero-order valence-corrected chi connectivity index (χ0v) is 13.9. The van der Waals surface area contributed by atoms with Crippen LogP contribution in [0.15, 0.2) is 17.5 Å². The predicted octanol–water partition coefficient (Wildman–Crippen LogP) is 2.39. The molecule has 118 valence electrons. The fraction of sp³-hybridized carbons (Fsp3) is 0.688. The maximum atomic E-state index is 12.3. The van der Waals surface area contributed by atoms with Gasteiger partial charge in [-0.3, -0.25) is 9.69 Å². The SMILES string of the molecule is CCCN(CC(=O)NC(C)c1cccs1)C1CCCNC1. The summed E-state index contributed by atoms with van der Waals surface area (Å²) in [6.07, 6.45) is 3.49. The van der Waals surface area contributed by atoms with Crippen LogP contribution in [0.3, 0.4) is 0 Å². The van der Waals surface area contributed by atoms with E-state index >= 15 is 0 Å². The predicted molar refractivity (Wildman–Crippen MR) is 88.6 cm³/mol. The second kappa shape index (κ2) is 8.51. The summed E-state index contributed by atoms with van der Waals surface area (Å²) in [5, 5.41) is 8.61. The van der Waals surface area contributed by atoms with Crippen molar-refractivity contribution in [3.8, 4) is 0 Å². The molecule has 21 heavy (non-hydrogen) atoms. The smallest absolute Gasteiger partial charge is 0.234 e. The number of thiophene rings is 1. The number of piperidine rings is 1. The molecule has 2 N–H and O–H groups in total. The number of amides is 1. The van der Waals surface area contributed by atoms with Gasteiger partial charge in [0.05, 0.1) is 12.6 Å². The Morgan fingerprint density at radius 1 is 1.62 bits per heavy atom. The van der Waals surface area contributed by atoms with Gasteiger partial charge in [0.2, 0.25) is 5.91 Å². The van der Waals surface area contributed by atoms with E-state index in [-0.39, 0.29) is 11.9 Å². The van der Waals surface area contributed by atoms with E-state index in [0.29, 0.717) is 12.6 Å². The fourth-order valence-electron chi connectivity index (χ4n) is 2.90. The molecule has 4 nitrogen and oxygen atoms in total. The van der Waals surface area contributed by atoms with Crippen molar-refractivity contribution in [2.45, 2.75) is 45.2 Å². The average Bonchev–Trinajstić information content (AvgIpc) is 3.02. The fourth-order valence-corrected chi connectivity index (χ4v) is 3.64. The third-order valence-corrected chi connectivity index (χ3v) is 5.05. The Labute approximate surface area is 131 Å². The Hall–Kier alpha value is -0.910. The van der Waals surface area contributed by atoms with E-state index in [1.807, 2.05) is 6.07 Å². The molecule has 5 heteroatoms. The molecule has 1 aliphatic heterocycles. The topological polar surface area (TPSA) is 44.4 Å². The monoisotopic (exact) mass is 309 g/mol. The minimum absolute atomic E-state index is 0.102. The molecule has 1 aromatic heterocycles. The molecule has 1 saturated heterocycles. The van der Waals surface area contributed by atoms with Gasteiger partial charge in [-0.25, -0.2) is 0 Å². The van der Waals surface area contributed by atoms with Gasteiger partial charge in [0.1, 0.15) is 0 Å². The van der Waals surface area contributed by atoms with Crippen molar-refractivity contribution >= 4 is 17.2 Å². The van der Waals surface area contributed by atoms with Crippen LogP contribution in [0.4, 0.5) is 0 Å². The van der Waals surface area contributed by atoms with Gasteiger partial charge in [-0.2, -0.15) is 0 Å². The van der Waals surface area contributed by atoms with Crippen molar-refractivity contribution in [3.63, 3.8) is 0 Å². The van der Waals surface area contributed by atoms with Crippen LogP contribution in [0.2, 0.25) is 0 Å². The summed E-state index contributed by atoms with van der Waals surface area (Å²) < 4.78 is 0. The molecule has 0 spiro atoms. The van der Waals surface area contributed by atoms with Crippen LogP contribution in [-0.2, 0) is 4.79 Å². The molecule has 0 saturated carbocycles. The zero-order valence-electron chi connectivity index (χ0n) is 13.1. The quantitative estimate of drug-likeness (QED) is 0.813. The number of carbonyl (C=O) groups excluding carboxylic acids is 1. The van der Waals surface area contributed by atoms with E-state index in [1.165, 1.54) is 17.7 Å². The summed E-state index contributed by atoms with van der Waals surface area (Å²) in [5.74, 6) is 0.134. The second-order valence-corrected chi connectivity index (χ2v) is 6.75. The summed E-state index contributed by atoms with van der Waals surface area (Å²) in [5.41, 5.74) is 0. The molecule has 1 fully saturated rings. The van der Waals surface area contributed by atoms with E-state index in [4.69, 9.17) is 0 Å². The van der Waals surface area contributed by atoms with Gasteiger partial charge in [0, 0.05) is 17.5 Å². The highest BCUT2D eigenvalue weighted by Gasteiger charge is 2.22. The molecule has 0 aliphatic carbocycles. The van der Waals surface area contributed by atoms with E-state index in [0.717, 1.165) is 26.1 Å². The van der Waals surface area contributed by atoms with Crippen LogP contribution >= 0.6 is 11.3 Å². The lowest BCUT2D eigenvalue weighted by molar-refractivity contribution is -0.123. The number of nitrogens with zero attached hydrogens (tertiary/aromatic N) is 1. The van der Waals surface area contributed by atoms with E-state index in [2.05, 4.69) is 40.8 Å². The highest BCUT2D eigenvalue weighted by molar-refractivity contribution is 7.10. The van der Waals surface area contributed by atoms with Gasteiger partial charge in [-0.15, -0.1) is 11.3 Å². The van der Waals surface area contributed by atoms with Crippen molar-refractivity contribution in [2.24, 2.45) is 0 Å². The molecular weight excluding hydrogens is 282 g/mol. The summed E-state index contributed by atoms with van der Waals surface area (Å²) in [7, 11) is 0. The van der Waals surface area contributed by atoms with E-state index in [1.54, 1.807) is 11.3 Å². The van der Waals surface area contributed by atoms with Crippen molar-refractivity contribution in [3.05, 3.63) is 22.4 Å². The lowest BCUT2D eigenvalue weighted by atomic mass is 10.1. The van der Waals surface area contributed by atoms with Crippen molar-refractivity contribution in [1.29, 1.82) is 0 Å². The summed E-state index contributed by atoms with van der Waals surface area (Å²) in [6, 6.07) is 4.71. The highest BCUT2D eigenvalue weighted by Crippen LogP contribution is 2.18. The summed E-state index contributed by atoms with van der Waals surface area (Å²) in [4.78, 5) is 15.9. The normalized spacial score (nSPS) is 20.4. The van der Waals surface area contributed by atoms with Crippen molar-refractivity contribution in [1.82, 2.24) is 15.5 Å². The second-order valence-electron chi connectivity index (χ2n) is 5.78.